The van der Waals surface area contributed by atoms with Crippen molar-refractivity contribution < 1.29 is 19.7 Å². The molecule has 0 amide bonds. The maximum absolute atomic E-state index is 11.4. The van der Waals surface area contributed by atoms with Gasteiger partial charge in [0.2, 0.25) is 0 Å². The summed E-state index contributed by atoms with van der Waals surface area (Å²) in [7, 11) is 0. The Hall–Kier alpha value is -1.59. The van der Waals surface area contributed by atoms with Crippen LogP contribution in [0.1, 0.15) is 19.4 Å². The molecule has 2 atom stereocenters. The van der Waals surface area contributed by atoms with Crippen molar-refractivity contribution in [2.75, 3.05) is 26.3 Å². The zero-order chi connectivity index (χ0) is 16.1. The largest absolute Gasteiger partial charge is 0.491 e. The van der Waals surface area contributed by atoms with Gasteiger partial charge in [-0.25, -0.2) is 0 Å². The Labute approximate surface area is 131 Å². The molecular formula is C17H25NO4. The number of aliphatic hydroxyl groups is 1. The van der Waals surface area contributed by atoms with Gasteiger partial charge in [-0.3, -0.25) is 9.69 Å². The lowest BCUT2D eigenvalue weighted by Gasteiger charge is -2.19. The van der Waals surface area contributed by atoms with Crippen LogP contribution < -0.4 is 4.74 Å². The van der Waals surface area contributed by atoms with Crippen molar-refractivity contribution >= 4 is 5.97 Å². The highest BCUT2D eigenvalue weighted by molar-refractivity contribution is 5.71. The minimum atomic E-state index is -0.703. The van der Waals surface area contributed by atoms with Crippen LogP contribution in [0.15, 0.2) is 24.3 Å². The summed E-state index contributed by atoms with van der Waals surface area (Å²) in [5, 5.41) is 18.3. The van der Waals surface area contributed by atoms with Gasteiger partial charge < -0.3 is 14.9 Å². The molecule has 2 rings (SSSR count). The predicted molar refractivity (Wildman–Crippen MR) is 83.8 cm³/mol. The van der Waals surface area contributed by atoms with E-state index in [2.05, 4.69) is 18.7 Å². The fourth-order valence-electron chi connectivity index (χ4n) is 3.15. The number of aliphatic hydroxyl groups excluding tert-OH is 1. The van der Waals surface area contributed by atoms with E-state index < -0.39 is 5.97 Å². The summed E-state index contributed by atoms with van der Waals surface area (Å²) >= 11 is 0. The number of aliphatic carboxylic acids is 1. The lowest BCUT2D eigenvalue weighted by molar-refractivity contribution is -0.143. The Morgan fingerprint density at radius 1 is 1.36 bits per heavy atom. The van der Waals surface area contributed by atoms with Crippen molar-refractivity contribution in [3.05, 3.63) is 29.8 Å². The first-order valence-electron chi connectivity index (χ1n) is 7.79. The average Bonchev–Trinajstić information content (AvgIpc) is 2.91. The number of carbonyl (C=O) groups is 1. The predicted octanol–water partition coefficient (Wildman–Crippen LogP) is 1.85. The summed E-state index contributed by atoms with van der Waals surface area (Å²) in [4.78, 5) is 13.6. The SMILES string of the molecule is CC(C)[C@@H]1CN(Cc2ccccc2OCCO)C[C@H]1C(=O)O. The minimum Gasteiger partial charge on any atom is -0.491 e. The summed E-state index contributed by atoms with van der Waals surface area (Å²) < 4.78 is 5.55. The van der Waals surface area contributed by atoms with Gasteiger partial charge in [-0.2, -0.15) is 0 Å². The summed E-state index contributed by atoms with van der Waals surface area (Å²) in [5.74, 6) is 0.294. The van der Waals surface area contributed by atoms with Gasteiger partial charge in [0.25, 0.3) is 0 Å². The number of para-hydroxylation sites is 1. The number of ether oxygens (including phenoxy) is 1. The van der Waals surface area contributed by atoms with Crippen LogP contribution in [0.5, 0.6) is 5.75 Å². The number of hydrogen-bond acceptors (Lipinski definition) is 4. The van der Waals surface area contributed by atoms with E-state index in [9.17, 15) is 9.90 Å². The Morgan fingerprint density at radius 2 is 2.09 bits per heavy atom. The summed E-state index contributed by atoms with van der Waals surface area (Å²) in [5.41, 5.74) is 1.03. The molecule has 0 aromatic heterocycles. The third-order valence-corrected chi connectivity index (χ3v) is 4.33. The molecule has 5 nitrogen and oxygen atoms in total. The summed E-state index contributed by atoms with van der Waals surface area (Å²) in [6.45, 7) is 6.47. The molecule has 22 heavy (non-hydrogen) atoms. The summed E-state index contributed by atoms with van der Waals surface area (Å²) in [6.07, 6.45) is 0. The number of likely N-dealkylation sites (tertiary alicyclic amines) is 1. The van der Waals surface area contributed by atoms with E-state index in [-0.39, 0.29) is 25.0 Å². The second-order valence-corrected chi connectivity index (χ2v) is 6.23. The Kier molecular flexibility index (Phi) is 5.80. The van der Waals surface area contributed by atoms with Crippen LogP contribution in [0.2, 0.25) is 0 Å². The molecule has 2 N–H and O–H groups in total. The van der Waals surface area contributed by atoms with Crippen LogP contribution in [0.25, 0.3) is 0 Å². The van der Waals surface area contributed by atoms with Crippen LogP contribution >= 0.6 is 0 Å². The number of carboxylic acids is 1. The zero-order valence-electron chi connectivity index (χ0n) is 13.2. The maximum atomic E-state index is 11.4. The first kappa shape index (κ1) is 16.8. The van der Waals surface area contributed by atoms with Crippen LogP contribution in [0, 0.1) is 17.8 Å². The van der Waals surface area contributed by atoms with Crippen molar-refractivity contribution in [3.63, 3.8) is 0 Å². The van der Waals surface area contributed by atoms with E-state index >= 15 is 0 Å². The molecule has 1 saturated heterocycles. The maximum Gasteiger partial charge on any atom is 0.308 e. The highest BCUT2D eigenvalue weighted by atomic mass is 16.5. The van der Waals surface area contributed by atoms with E-state index in [1.54, 1.807) is 0 Å². The van der Waals surface area contributed by atoms with Crippen molar-refractivity contribution in [1.82, 2.24) is 4.90 Å². The first-order valence-corrected chi connectivity index (χ1v) is 7.79. The minimum absolute atomic E-state index is 0.0193. The zero-order valence-corrected chi connectivity index (χ0v) is 13.2. The molecule has 1 fully saturated rings. The highest BCUT2D eigenvalue weighted by Crippen LogP contribution is 2.32. The van der Waals surface area contributed by atoms with Crippen LogP contribution in [-0.2, 0) is 11.3 Å². The van der Waals surface area contributed by atoms with Crippen LogP contribution in [0.3, 0.4) is 0 Å². The number of hydrogen-bond donors (Lipinski definition) is 2. The lowest BCUT2D eigenvalue weighted by atomic mass is 9.86. The van der Waals surface area contributed by atoms with E-state index in [1.165, 1.54) is 0 Å². The van der Waals surface area contributed by atoms with Crippen LogP contribution in [0.4, 0.5) is 0 Å². The third-order valence-electron chi connectivity index (χ3n) is 4.33. The number of benzene rings is 1. The monoisotopic (exact) mass is 307 g/mol. The standard InChI is InChI=1S/C17H25NO4/c1-12(2)14-10-18(11-15(14)17(20)21)9-13-5-3-4-6-16(13)22-8-7-19/h3-6,12,14-15,19H,7-11H2,1-2H3,(H,20,21)/t14-,15+/m0/s1. The molecular weight excluding hydrogens is 282 g/mol. The van der Waals surface area contributed by atoms with E-state index in [4.69, 9.17) is 9.84 Å². The van der Waals surface area contributed by atoms with Gasteiger partial charge in [0.1, 0.15) is 12.4 Å². The molecule has 0 spiro atoms. The number of rotatable bonds is 7. The molecule has 0 bridgehead atoms. The lowest BCUT2D eigenvalue weighted by Crippen LogP contribution is -2.25. The molecule has 0 unspecified atom stereocenters. The molecule has 5 heteroatoms. The van der Waals surface area contributed by atoms with Gasteiger partial charge in [0.15, 0.2) is 0 Å². The summed E-state index contributed by atoms with van der Waals surface area (Å²) in [6, 6.07) is 7.73. The van der Waals surface area contributed by atoms with Crippen molar-refractivity contribution in [1.29, 1.82) is 0 Å². The van der Waals surface area contributed by atoms with Gasteiger partial charge in [0, 0.05) is 25.2 Å². The fourth-order valence-corrected chi connectivity index (χ4v) is 3.15. The highest BCUT2D eigenvalue weighted by Gasteiger charge is 2.39. The molecule has 1 aromatic rings. The Morgan fingerprint density at radius 3 is 2.68 bits per heavy atom. The van der Waals surface area contributed by atoms with E-state index in [0.717, 1.165) is 17.9 Å². The quantitative estimate of drug-likeness (QED) is 0.804. The van der Waals surface area contributed by atoms with Gasteiger partial charge >= 0.3 is 5.97 Å². The van der Waals surface area contributed by atoms with E-state index in [1.807, 2.05) is 24.3 Å². The first-order chi connectivity index (χ1) is 10.5. The third kappa shape index (κ3) is 3.99. The average molecular weight is 307 g/mol. The Balaban J connectivity index is 2.07. The smallest absolute Gasteiger partial charge is 0.308 e. The molecule has 1 aromatic carbocycles. The number of carboxylic acid groups (broad SMARTS) is 1. The molecule has 0 aliphatic carbocycles. The topological polar surface area (TPSA) is 70.0 Å². The van der Waals surface area contributed by atoms with Crippen molar-refractivity contribution in [2.24, 2.45) is 17.8 Å². The van der Waals surface area contributed by atoms with Gasteiger partial charge in [0.05, 0.1) is 12.5 Å². The molecule has 1 aliphatic rings. The van der Waals surface area contributed by atoms with Gasteiger partial charge in [-0.1, -0.05) is 32.0 Å². The van der Waals surface area contributed by atoms with Gasteiger partial charge in [-0.15, -0.1) is 0 Å². The Bertz CT molecular complexity index is 503. The second-order valence-electron chi connectivity index (χ2n) is 6.23. The fraction of sp³-hybridized carbons (Fsp3) is 0.588. The van der Waals surface area contributed by atoms with Crippen molar-refractivity contribution in [2.45, 2.75) is 20.4 Å². The molecule has 122 valence electrons. The molecule has 1 heterocycles. The number of nitrogens with zero attached hydrogens (tertiary/aromatic N) is 1. The molecule has 0 radical (unpaired) electrons. The second kappa shape index (κ2) is 7.61. The normalized spacial score (nSPS) is 22.2. The molecule has 0 saturated carbocycles. The van der Waals surface area contributed by atoms with E-state index in [0.29, 0.717) is 19.0 Å². The molecule has 1 aliphatic heterocycles. The van der Waals surface area contributed by atoms with Gasteiger partial charge in [-0.05, 0) is 17.9 Å². The van der Waals surface area contributed by atoms with Crippen molar-refractivity contribution in [3.8, 4) is 5.75 Å². The van der Waals surface area contributed by atoms with Crippen LogP contribution in [-0.4, -0.2) is 47.4 Å².